The summed E-state index contributed by atoms with van der Waals surface area (Å²) in [7, 11) is 0. The van der Waals surface area contributed by atoms with Gasteiger partial charge in [0.15, 0.2) is 0 Å². The summed E-state index contributed by atoms with van der Waals surface area (Å²) in [4.78, 5) is 2.38. The highest BCUT2D eigenvalue weighted by atomic mass is 35.5. The number of anilines is 2. The van der Waals surface area contributed by atoms with Gasteiger partial charge in [0.2, 0.25) is 0 Å². The van der Waals surface area contributed by atoms with Gasteiger partial charge in [-0.25, -0.2) is 4.39 Å². The molecule has 0 saturated carbocycles. The molecule has 110 valence electrons. The quantitative estimate of drug-likeness (QED) is 0.881. The van der Waals surface area contributed by atoms with Crippen LogP contribution in [0, 0.1) is 5.82 Å². The molecule has 3 rings (SSSR count). The third kappa shape index (κ3) is 3.48. The Labute approximate surface area is 129 Å². The number of rotatable bonds is 4. The molecule has 2 aromatic carbocycles. The van der Waals surface area contributed by atoms with Gasteiger partial charge in [-0.15, -0.1) is 0 Å². The van der Waals surface area contributed by atoms with Crippen LogP contribution < -0.4 is 10.2 Å². The van der Waals surface area contributed by atoms with Crippen molar-refractivity contribution in [1.82, 2.24) is 0 Å². The second-order valence-corrected chi connectivity index (χ2v) is 5.77. The van der Waals surface area contributed by atoms with Crippen LogP contribution in [0.2, 0.25) is 5.02 Å². The lowest BCUT2D eigenvalue weighted by Crippen LogP contribution is -2.17. The first-order chi connectivity index (χ1) is 10.2. The van der Waals surface area contributed by atoms with E-state index < -0.39 is 0 Å². The molecule has 1 saturated heterocycles. The number of halogens is 2. The minimum atomic E-state index is -0.234. The van der Waals surface area contributed by atoms with E-state index in [1.165, 1.54) is 24.6 Å². The fraction of sp³-hybridized carbons (Fsp3) is 0.294. The van der Waals surface area contributed by atoms with Gasteiger partial charge in [-0.1, -0.05) is 17.7 Å². The molecule has 1 aliphatic rings. The molecule has 1 fully saturated rings. The molecule has 0 bridgehead atoms. The Bertz CT molecular complexity index is 624. The summed E-state index contributed by atoms with van der Waals surface area (Å²) >= 11 is 5.91. The highest BCUT2D eigenvalue weighted by molar-refractivity contribution is 6.30. The maximum atomic E-state index is 13.7. The Hall–Kier alpha value is -1.74. The minimum Gasteiger partial charge on any atom is -0.381 e. The molecule has 0 aromatic heterocycles. The van der Waals surface area contributed by atoms with Crippen molar-refractivity contribution in [3.63, 3.8) is 0 Å². The molecule has 1 N–H and O–H groups in total. The summed E-state index contributed by atoms with van der Waals surface area (Å²) in [5.74, 6) is -0.234. The lowest BCUT2D eigenvalue weighted by Gasteiger charge is -2.18. The van der Waals surface area contributed by atoms with Gasteiger partial charge in [0, 0.05) is 41.6 Å². The van der Waals surface area contributed by atoms with Crippen molar-refractivity contribution in [2.45, 2.75) is 19.4 Å². The maximum Gasteiger partial charge on any atom is 0.128 e. The van der Waals surface area contributed by atoms with Crippen LogP contribution in [-0.4, -0.2) is 13.1 Å². The van der Waals surface area contributed by atoms with Gasteiger partial charge in [0.05, 0.1) is 0 Å². The average Bonchev–Trinajstić information content (AvgIpc) is 3.03. The van der Waals surface area contributed by atoms with E-state index >= 15 is 0 Å². The fourth-order valence-corrected chi connectivity index (χ4v) is 2.86. The zero-order chi connectivity index (χ0) is 14.7. The number of nitrogens with zero attached hydrogens (tertiary/aromatic N) is 1. The first-order valence-corrected chi connectivity index (χ1v) is 7.63. The zero-order valence-corrected chi connectivity index (χ0v) is 12.5. The van der Waals surface area contributed by atoms with E-state index in [-0.39, 0.29) is 5.82 Å². The van der Waals surface area contributed by atoms with Crippen molar-refractivity contribution < 1.29 is 4.39 Å². The van der Waals surface area contributed by atoms with E-state index in [0.717, 1.165) is 18.8 Å². The van der Waals surface area contributed by atoms with Crippen LogP contribution in [0.25, 0.3) is 0 Å². The monoisotopic (exact) mass is 304 g/mol. The van der Waals surface area contributed by atoms with E-state index in [2.05, 4.69) is 22.3 Å². The van der Waals surface area contributed by atoms with Gasteiger partial charge < -0.3 is 10.2 Å². The summed E-state index contributed by atoms with van der Waals surface area (Å²) in [5.41, 5.74) is 2.80. The van der Waals surface area contributed by atoms with Crippen molar-refractivity contribution in [3.8, 4) is 0 Å². The third-order valence-electron chi connectivity index (χ3n) is 3.81. The number of nitrogens with one attached hydrogen (secondary N) is 1. The van der Waals surface area contributed by atoms with E-state index in [9.17, 15) is 4.39 Å². The van der Waals surface area contributed by atoms with E-state index in [4.69, 9.17) is 11.6 Å². The molecule has 1 aliphatic heterocycles. The lowest BCUT2D eigenvalue weighted by molar-refractivity contribution is 0.613. The van der Waals surface area contributed by atoms with Crippen molar-refractivity contribution in [2.24, 2.45) is 0 Å². The number of hydrogen-bond acceptors (Lipinski definition) is 2. The normalized spacial score (nSPS) is 14.5. The second-order valence-electron chi connectivity index (χ2n) is 5.33. The minimum absolute atomic E-state index is 0.234. The molecule has 0 amide bonds. The number of benzene rings is 2. The molecular weight excluding hydrogens is 287 g/mol. The summed E-state index contributed by atoms with van der Waals surface area (Å²) in [6.45, 7) is 2.66. The van der Waals surface area contributed by atoms with Crippen molar-refractivity contribution >= 4 is 23.0 Å². The molecule has 0 atom stereocenters. The first-order valence-electron chi connectivity index (χ1n) is 7.25. The maximum absolute atomic E-state index is 13.7. The standard InChI is InChI=1S/C17H18ClFN2/c18-14-6-7-17(19)13(10-14)12-20-15-4-3-5-16(11-15)21-8-1-2-9-21/h3-7,10-11,20H,1-2,8-9,12H2. The van der Waals surface area contributed by atoms with Gasteiger partial charge in [0.25, 0.3) is 0 Å². The highest BCUT2D eigenvalue weighted by Crippen LogP contribution is 2.24. The van der Waals surface area contributed by atoms with Crippen LogP contribution in [0.15, 0.2) is 42.5 Å². The Balaban J connectivity index is 1.70. The summed E-state index contributed by atoms with van der Waals surface area (Å²) in [6.07, 6.45) is 2.51. The highest BCUT2D eigenvalue weighted by Gasteiger charge is 2.12. The van der Waals surface area contributed by atoms with Crippen LogP contribution in [0.5, 0.6) is 0 Å². The van der Waals surface area contributed by atoms with Crippen LogP contribution in [-0.2, 0) is 6.54 Å². The molecule has 2 nitrogen and oxygen atoms in total. The molecule has 2 aromatic rings. The molecule has 1 heterocycles. The zero-order valence-electron chi connectivity index (χ0n) is 11.8. The molecule has 21 heavy (non-hydrogen) atoms. The van der Waals surface area contributed by atoms with Gasteiger partial charge in [-0.2, -0.15) is 0 Å². The molecule has 0 radical (unpaired) electrons. The lowest BCUT2D eigenvalue weighted by atomic mass is 10.2. The topological polar surface area (TPSA) is 15.3 Å². The molecule has 0 aliphatic carbocycles. The SMILES string of the molecule is Fc1ccc(Cl)cc1CNc1cccc(N2CCCC2)c1. The van der Waals surface area contributed by atoms with Gasteiger partial charge in [0.1, 0.15) is 5.82 Å². The smallest absolute Gasteiger partial charge is 0.128 e. The van der Waals surface area contributed by atoms with Crippen LogP contribution in [0.3, 0.4) is 0 Å². The predicted molar refractivity (Wildman–Crippen MR) is 86.6 cm³/mol. The second kappa shape index (κ2) is 6.35. The van der Waals surface area contributed by atoms with E-state index in [1.54, 1.807) is 12.1 Å². The van der Waals surface area contributed by atoms with E-state index in [0.29, 0.717) is 17.1 Å². The Morgan fingerprint density at radius 3 is 2.71 bits per heavy atom. The number of hydrogen-bond donors (Lipinski definition) is 1. The first kappa shape index (κ1) is 14.2. The van der Waals surface area contributed by atoms with Crippen LogP contribution in [0.4, 0.5) is 15.8 Å². The largest absolute Gasteiger partial charge is 0.381 e. The third-order valence-corrected chi connectivity index (χ3v) is 4.04. The summed E-state index contributed by atoms with van der Waals surface area (Å²) < 4.78 is 13.7. The van der Waals surface area contributed by atoms with Crippen molar-refractivity contribution in [3.05, 3.63) is 58.9 Å². The summed E-state index contributed by atoms with van der Waals surface area (Å²) in [5, 5.41) is 3.82. The van der Waals surface area contributed by atoms with Crippen LogP contribution >= 0.6 is 11.6 Å². The van der Waals surface area contributed by atoms with Crippen molar-refractivity contribution in [1.29, 1.82) is 0 Å². The molecule has 0 unspecified atom stereocenters. The van der Waals surface area contributed by atoms with Gasteiger partial charge in [-0.3, -0.25) is 0 Å². The van der Waals surface area contributed by atoms with Gasteiger partial charge in [-0.05, 0) is 49.2 Å². The van der Waals surface area contributed by atoms with Crippen LogP contribution in [0.1, 0.15) is 18.4 Å². The predicted octanol–water partition coefficient (Wildman–Crippen LogP) is 4.69. The Morgan fingerprint density at radius 1 is 1.10 bits per heavy atom. The van der Waals surface area contributed by atoms with Gasteiger partial charge >= 0.3 is 0 Å². The molecule has 0 spiro atoms. The van der Waals surface area contributed by atoms with E-state index in [1.807, 2.05) is 12.1 Å². The summed E-state index contributed by atoms with van der Waals surface area (Å²) in [6, 6.07) is 12.9. The Morgan fingerprint density at radius 2 is 1.90 bits per heavy atom. The van der Waals surface area contributed by atoms with Crippen molar-refractivity contribution in [2.75, 3.05) is 23.3 Å². The molecule has 4 heteroatoms. The Kier molecular flexibility index (Phi) is 4.30. The average molecular weight is 305 g/mol. The fourth-order valence-electron chi connectivity index (χ4n) is 2.66. The molecular formula is C17H18ClFN2.